The van der Waals surface area contributed by atoms with Crippen LogP contribution in [-0.4, -0.2) is 7.11 Å². The summed E-state index contributed by atoms with van der Waals surface area (Å²) < 4.78 is 6.01. The van der Waals surface area contributed by atoms with E-state index in [1.165, 1.54) is 11.1 Å². The number of methoxy groups -OCH3 is 1. The van der Waals surface area contributed by atoms with Crippen LogP contribution in [0.2, 0.25) is 0 Å². The second-order valence-electron chi connectivity index (χ2n) is 7.11. The van der Waals surface area contributed by atoms with Crippen LogP contribution >= 0.6 is 0 Å². The fourth-order valence-electron chi connectivity index (χ4n) is 3.67. The van der Waals surface area contributed by atoms with E-state index in [0.29, 0.717) is 0 Å². The summed E-state index contributed by atoms with van der Waals surface area (Å²) in [6.45, 7) is 6.24. The highest BCUT2D eigenvalue weighted by Gasteiger charge is 2.29. The maximum Gasteiger partial charge on any atom is 0.102 e. The van der Waals surface area contributed by atoms with Crippen LogP contribution in [0.3, 0.4) is 0 Å². The van der Waals surface area contributed by atoms with E-state index >= 15 is 0 Å². The van der Waals surface area contributed by atoms with Crippen LogP contribution < -0.4 is 5.32 Å². The van der Waals surface area contributed by atoms with Gasteiger partial charge in [0.25, 0.3) is 0 Å². The van der Waals surface area contributed by atoms with Gasteiger partial charge in [0.05, 0.1) is 6.04 Å². The molecule has 144 valence electrons. The lowest BCUT2D eigenvalue weighted by atomic mass is 9.89. The SMILES string of the molecule is C=CC(C)[C@@H](N[C@@H](c1ccccc1)[C@H](OC)c1ccccc1)c1ccccc1. The molecule has 0 saturated heterocycles. The summed E-state index contributed by atoms with van der Waals surface area (Å²) in [4.78, 5) is 0. The van der Waals surface area contributed by atoms with Crippen LogP contribution in [0.1, 0.15) is 41.8 Å². The quantitative estimate of drug-likeness (QED) is 0.448. The Bertz CT molecular complexity index is 832. The first kappa shape index (κ1) is 20.1. The first-order chi connectivity index (χ1) is 13.7. The van der Waals surface area contributed by atoms with E-state index in [1.807, 2.05) is 18.2 Å². The molecule has 3 aromatic carbocycles. The Hall–Kier alpha value is -2.68. The molecule has 2 nitrogen and oxygen atoms in total. The molecular formula is C26H29NO. The van der Waals surface area contributed by atoms with Crippen molar-refractivity contribution in [3.8, 4) is 0 Å². The lowest BCUT2D eigenvalue weighted by Gasteiger charge is -2.34. The second kappa shape index (κ2) is 10.0. The molecule has 3 aromatic rings. The van der Waals surface area contributed by atoms with Crippen LogP contribution in [-0.2, 0) is 4.74 Å². The highest BCUT2D eigenvalue weighted by molar-refractivity contribution is 5.28. The van der Waals surface area contributed by atoms with E-state index in [-0.39, 0.29) is 24.1 Å². The normalized spacial score (nSPS) is 15.4. The molecule has 0 aliphatic heterocycles. The number of ether oxygens (including phenoxy) is 1. The molecule has 28 heavy (non-hydrogen) atoms. The fraction of sp³-hybridized carbons (Fsp3) is 0.231. The average molecular weight is 372 g/mol. The van der Waals surface area contributed by atoms with Crippen molar-refractivity contribution >= 4 is 0 Å². The second-order valence-corrected chi connectivity index (χ2v) is 7.11. The summed E-state index contributed by atoms with van der Waals surface area (Å²) in [7, 11) is 1.78. The minimum absolute atomic E-state index is 0.00112. The zero-order chi connectivity index (χ0) is 19.8. The molecule has 1 unspecified atom stereocenters. The molecular weight excluding hydrogens is 342 g/mol. The van der Waals surface area contributed by atoms with Crippen LogP contribution in [0, 0.1) is 5.92 Å². The van der Waals surface area contributed by atoms with Gasteiger partial charge in [-0.15, -0.1) is 6.58 Å². The summed E-state index contributed by atoms with van der Waals surface area (Å²) >= 11 is 0. The lowest BCUT2D eigenvalue weighted by molar-refractivity contribution is 0.0610. The highest BCUT2D eigenvalue weighted by Crippen LogP contribution is 2.35. The van der Waals surface area contributed by atoms with E-state index in [2.05, 4.69) is 97.7 Å². The Kier molecular flexibility index (Phi) is 7.18. The molecule has 0 heterocycles. The number of benzene rings is 3. The third-order valence-corrected chi connectivity index (χ3v) is 5.26. The number of hydrogen-bond acceptors (Lipinski definition) is 2. The molecule has 0 aliphatic carbocycles. The zero-order valence-electron chi connectivity index (χ0n) is 16.7. The Morgan fingerprint density at radius 2 is 1.14 bits per heavy atom. The van der Waals surface area contributed by atoms with Gasteiger partial charge < -0.3 is 10.1 Å². The number of nitrogens with one attached hydrogen (secondary N) is 1. The molecule has 0 saturated carbocycles. The molecule has 0 aliphatic rings. The summed E-state index contributed by atoms with van der Waals surface area (Å²) in [6.07, 6.45) is 1.91. The Morgan fingerprint density at radius 1 is 0.714 bits per heavy atom. The van der Waals surface area contributed by atoms with Gasteiger partial charge in [-0.05, 0) is 22.6 Å². The third kappa shape index (κ3) is 4.78. The first-order valence-corrected chi connectivity index (χ1v) is 9.80. The summed E-state index contributed by atoms with van der Waals surface area (Å²) in [5, 5.41) is 3.89. The molecule has 0 aromatic heterocycles. The van der Waals surface area contributed by atoms with Gasteiger partial charge in [0.15, 0.2) is 0 Å². The van der Waals surface area contributed by atoms with Gasteiger partial charge in [-0.3, -0.25) is 0 Å². The van der Waals surface area contributed by atoms with Gasteiger partial charge in [-0.25, -0.2) is 0 Å². The standard InChI is InChI=1S/C26H29NO/c1-4-20(2)24(21-14-8-5-9-15-21)27-25(22-16-10-6-11-17-22)26(28-3)23-18-12-7-13-19-23/h4-20,24-27H,1H2,2-3H3/t20?,24-,25+,26-/m1/s1. The minimum atomic E-state index is -0.105. The van der Waals surface area contributed by atoms with Crippen molar-refractivity contribution < 1.29 is 4.74 Å². The van der Waals surface area contributed by atoms with Gasteiger partial charge in [0.1, 0.15) is 6.10 Å². The molecule has 0 spiro atoms. The highest BCUT2D eigenvalue weighted by atomic mass is 16.5. The van der Waals surface area contributed by atoms with Gasteiger partial charge >= 0.3 is 0 Å². The van der Waals surface area contributed by atoms with Crippen molar-refractivity contribution in [1.29, 1.82) is 0 Å². The predicted molar refractivity (Wildman–Crippen MR) is 117 cm³/mol. The summed E-state index contributed by atoms with van der Waals surface area (Å²) in [5.41, 5.74) is 3.61. The lowest BCUT2D eigenvalue weighted by Crippen LogP contribution is -2.34. The number of hydrogen-bond donors (Lipinski definition) is 1. The van der Waals surface area contributed by atoms with Crippen LogP contribution in [0.5, 0.6) is 0 Å². The zero-order valence-corrected chi connectivity index (χ0v) is 16.7. The van der Waals surface area contributed by atoms with Crippen LogP contribution in [0.15, 0.2) is 104 Å². The summed E-state index contributed by atoms with van der Waals surface area (Å²) in [5.74, 6) is 0.266. The van der Waals surface area contributed by atoms with Gasteiger partial charge in [-0.2, -0.15) is 0 Å². The van der Waals surface area contributed by atoms with E-state index < -0.39 is 0 Å². The molecule has 2 heteroatoms. The molecule has 0 amide bonds. The van der Waals surface area contributed by atoms with Crippen molar-refractivity contribution in [3.63, 3.8) is 0 Å². The van der Waals surface area contributed by atoms with E-state index in [4.69, 9.17) is 4.74 Å². The Labute approximate surface area is 168 Å². The number of rotatable bonds is 9. The predicted octanol–water partition coefficient (Wildman–Crippen LogP) is 6.27. The molecule has 0 fully saturated rings. The van der Waals surface area contributed by atoms with Crippen molar-refractivity contribution in [2.75, 3.05) is 7.11 Å². The Morgan fingerprint density at radius 3 is 1.57 bits per heavy atom. The van der Waals surface area contributed by atoms with Gasteiger partial charge in [0.2, 0.25) is 0 Å². The molecule has 0 bridgehead atoms. The molecule has 0 radical (unpaired) electrons. The van der Waals surface area contributed by atoms with Crippen molar-refractivity contribution in [1.82, 2.24) is 5.32 Å². The van der Waals surface area contributed by atoms with E-state index in [0.717, 1.165) is 5.56 Å². The maximum atomic E-state index is 6.01. The monoisotopic (exact) mass is 371 g/mol. The van der Waals surface area contributed by atoms with Gasteiger partial charge in [-0.1, -0.05) is 104 Å². The van der Waals surface area contributed by atoms with Crippen LogP contribution in [0.25, 0.3) is 0 Å². The largest absolute Gasteiger partial charge is 0.375 e. The van der Waals surface area contributed by atoms with Crippen molar-refractivity contribution in [2.24, 2.45) is 5.92 Å². The molecule has 1 N–H and O–H groups in total. The summed E-state index contributed by atoms with van der Waals surface area (Å²) in [6, 6.07) is 31.6. The fourth-order valence-corrected chi connectivity index (χ4v) is 3.67. The third-order valence-electron chi connectivity index (χ3n) is 5.26. The Balaban J connectivity index is 2.01. The van der Waals surface area contributed by atoms with Crippen molar-refractivity contribution in [3.05, 3.63) is 120 Å². The molecule has 4 atom stereocenters. The van der Waals surface area contributed by atoms with Crippen molar-refractivity contribution in [2.45, 2.75) is 25.1 Å². The maximum absolute atomic E-state index is 6.01. The smallest absolute Gasteiger partial charge is 0.102 e. The average Bonchev–Trinajstić information content (AvgIpc) is 2.78. The van der Waals surface area contributed by atoms with E-state index in [9.17, 15) is 0 Å². The molecule has 3 rings (SSSR count). The van der Waals surface area contributed by atoms with E-state index in [1.54, 1.807) is 7.11 Å². The topological polar surface area (TPSA) is 21.3 Å². The van der Waals surface area contributed by atoms with Crippen LogP contribution in [0.4, 0.5) is 0 Å². The first-order valence-electron chi connectivity index (χ1n) is 9.80. The van der Waals surface area contributed by atoms with Gasteiger partial charge in [0, 0.05) is 13.2 Å². The minimum Gasteiger partial charge on any atom is -0.375 e.